The van der Waals surface area contributed by atoms with Gasteiger partial charge >= 0.3 is 0 Å². The van der Waals surface area contributed by atoms with E-state index in [4.69, 9.17) is 10.9 Å². The number of amidine groups is 1. The van der Waals surface area contributed by atoms with Crippen LogP contribution in [0.15, 0.2) is 5.16 Å². The van der Waals surface area contributed by atoms with Crippen molar-refractivity contribution in [3.63, 3.8) is 0 Å². The summed E-state index contributed by atoms with van der Waals surface area (Å²) >= 11 is 0. The third-order valence-electron chi connectivity index (χ3n) is 4.11. The van der Waals surface area contributed by atoms with Crippen molar-refractivity contribution in [1.82, 2.24) is 4.90 Å². The van der Waals surface area contributed by atoms with Gasteiger partial charge in [0.15, 0.2) is 9.84 Å². The van der Waals surface area contributed by atoms with Crippen molar-refractivity contribution in [2.45, 2.75) is 46.1 Å². The largest absolute Gasteiger partial charge is 0.409 e. The highest BCUT2D eigenvalue weighted by Gasteiger charge is 2.28. The van der Waals surface area contributed by atoms with E-state index >= 15 is 0 Å². The van der Waals surface area contributed by atoms with Crippen LogP contribution in [0.2, 0.25) is 0 Å². The number of sulfone groups is 1. The maximum atomic E-state index is 11.5. The summed E-state index contributed by atoms with van der Waals surface area (Å²) in [6.45, 7) is 7.42. The Kier molecular flexibility index (Phi) is 5.82. The fourth-order valence-electron chi connectivity index (χ4n) is 2.51. The first kappa shape index (κ1) is 17.2. The summed E-state index contributed by atoms with van der Waals surface area (Å²) in [5.41, 5.74) is 5.35. The number of nitrogens with two attached hydrogens (primary N) is 1. The summed E-state index contributed by atoms with van der Waals surface area (Å²) in [7, 11) is -2.84. The molecule has 1 unspecified atom stereocenters. The summed E-state index contributed by atoms with van der Waals surface area (Å²) in [6.07, 6.45) is 2.81. The molecule has 7 heteroatoms. The standard InChI is InChI=1S/C13H27N3O3S/c1-11-10-20(18,19)9-8-16(11)7-5-4-6-13(2,3)12(14)15-17/h11,17H,4-10H2,1-3H3,(H2,14,15). The van der Waals surface area contributed by atoms with Gasteiger partial charge in [-0.3, -0.25) is 4.90 Å². The first-order valence-electron chi connectivity index (χ1n) is 7.10. The lowest BCUT2D eigenvalue weighted by Crippen LogP contribution is -2.47. The average molecular weight is 305 g/mol. The molecule has 1 saturated heterocycles. The van der Waals surface area contributed by atoms with E-state index in [0.717, 1.165) is 25.8 Å². The SMILES string of the molecule is CC1CS(=O)(=O)CCN1CCCCC(C)(C)C(N)=NO. The Bertz CT molecular complexity index is 446. The molecule has 0 spiro atoms. The van der Waals surface area contributed by atoms with Crippen LogP contribution in [0.25, 0.3) is 0 Å². The zero-order chi connectivity index (χ0) is 15.4. The number of oxime groups is 1. The maximum Gasteiger partial charge on any atom is 0.153 e. The molecule has 1 heterocycles. The second-order valence-electron chi connectivity index (χ2n) is 6.33. The van der Waals surface area contributed by atoms with Crippen molar-refractivity contribution in [2.24, 2.45) is 16.3 Å². The van der Waals surface area contributed by atoms with Gasteiger partial charge in [-0.15, -0.1) is 0 Å². The number of rotatable bonds is 6. The third-order valence-corrected chi connectivity index (χ3v) is 5.90. The van der Waals surface area contributed by atoms with E-state index in [-0.39, 0.29) is 28.8 Å². The highest BCUT2D eigenvalue weighted by atomic mass is 32.2. The summed E-state index contributed by atoms with van der Waals surface area (Å²) in [5.74, 6) is 0.796. The van der Waals surface area contributed by atoms with Gasteiger partial charge in [0.2, 0.25) is 0 Å². The van der Waals surface area contributed by atoms with Crippen LogP contribution in [0.5, 0.6) is 0 Å². The van der Waals surface area contributed by atoms with Crippen LogP contribution in [-0.2, 0) is 9.84 Å². The highest BCUT2D eigenvalue weighted by molar-refractivity contribution is 7.91. The minimum atomic E-state index is -2.84. The van der Waals surface area contributed by atoms with Crippen molar-refractivity contribution >= 4 is 15.7 Å². The van der Waals surface area contributed by atoms with Crippen LogP contribution < -0.4 is 5.73 Å². The Morgan fingerprint density at radius 3 is 2.65 bits per heavy atom. The summed E-state index contributed by atoms with van der Waals surface area (Å²) in [4.78, 5) is 2.23. The fourth-order valence-corrected chi connectivity index (χ4v) is 4.14. The molecular formula is C13H27N3O3S. The molecule has 0 bridgehead atoms. The normalized spacial score (nSPS) is 24.8. The lowest BCUT2D eigenvalue weighted by atomic mass is 9.86. The molecule has 0 aromatic rings. The summed E-state index contributed by atoms with van der Waals surface area (Å²) < 4.78 is 23.0. The summed E-state index contributed by atoms with van der Waals surface area (Å²) in [6, 6.07) is 0.103. The minimum absolute atomic E-state index is 0.103. The zero-order valence-electron chi connectivity index (χ0n) is 12.7. The first-order valence-corrected chi connectivity index (χ1v) is 8.92. The number of hydrogen-bond donors (Lipinski definition) is 2. The van der Waals surface area contributed by atoms with Gasteiger partial charge in [-0.1, -0.05) is 25.4 Å². The van der Waals surface area contributed by atoms with Crippen molar-refractivity contribution in [1.29, 1.82) is 0 Å². The van der Waals surface area contributed by atoms with Crippen molar-refractivity contribution < 1.29 is 13.6 Å². The van der Waals surface area contributed by atoms with E-state index in [0.29, 0.717) is 6.54 Å². The third kappa shape index (κ3) is 4.94. The van der Waals surface area contributed by atoms with Crippen LogP contribution in [0, 0.1) is 5.41 Å². The van der Waals surface area contributed by atoms with Gasteiger partial charge in [-0.2, -0.15) is 0 Å². The molecule has 1 fully saturated rings. The van der Waals surface area contributed by atoms with E-state index in [1.807, 2.05) is 20.8 Å². The van der Waals surface area contributed by atoms with Gasteiger partial charge in [0, 0.05) is 18.0 Å². The zero-order valence-corrected chi connectivity index (χ0v) is 13.5. The predicted octanol–water partition coefficient (Wildman–Crippen LogP) is 1.05. The Labute approximate surface area is 121 Å². The molecule has 1 aliphatic heterocycles. The lowest BCUT2D eigenvalue weighted by Gasteiger charge is -2.33. The molecule has 1 aliphatic rings. The maximum absolute atomic E-state index is 11.5. The van der Waals surface area contributed by atoms with Gasteiger partial charge in [0.25, 0.3) is 0 Å². The fraction of sp³-hybridized carbons (Fsp3) is 0.923. The molecule has 0 aromatic carbocycles. The molecule has 0 amide bonds. The second kappa shape index (κ2) is 6.76. The van der Waals surface area contributed by atoms with E-state index < -0.39 is 9.84 Å². The van der Waals surface area contributed by atoms with Gasteiger partial charge in [0.05, 0.1) is 11.5 Å². The second-order valence-corrected chi connectivity index (χ2v) is 8.55. The number of hydrogen-bond acceptors (Lipinski definition) is 5. The molecule has 20 heavy (non-hydrogen) atoms. The monoisotopic (exact) mass is 305 g/mol. The van der Waals surface area contributed by atoms with E-state index in [1.165, 1.54) is 0 Å². The van der Waals surface area contributed by atoms with Crippen LogP contribution in [0.4, 0.5) is 0 Å². The number of nitrogens with zero attached hydrogens (tertiary/aromatic N) is 2. The molecule has 0 saturated carbocycles. The number of unbranched alkanes of at least 4 members (excludes halogenated alkanes) is 1. The topological polar surface area (TPSA) is 96.0 Å². The summed E-state index contributed by atoms with van der Waals surface area (Å²) in [5, 5.41) is 11.8. The van der Waals surface area contributed by atoms with Crippen molar-refractivity contribution in [3.05, 3.63) is 0 Å². The molecule has 3 N–H and O–H groups in total. The molecular weight excluding hydrogens is 278 g/mol. The van der Waals surface area contributed by atoms with Gasteiger partial charge in [-0.25, -0.2) is 8.42 Å². The molecule has 1 atom stereocenters. The van der Waals surface area contributed by atoms with Gasteiger partial charge < -0.3 is 10.9 Å². The minimum Gasteiger partial charge on any atom is -0.409 e. The average Bonchev–Trinajstić information content (AvgIpc) is 2.34. The quantitative estimate of drug-likeness (QED) is 0.251. The molecule has 118 valence electrons. The molecule has 1 rings (SSSR count). The smallest absolute Gasteiger partial charge is 0.153 e. The molecule has 0 aliphatic carbocycles. The van der Waals surface area contributed by atoms with Crippen LogP contribution >= 0.6 is 0 Å². The van der Waals surface area contributed by atoms with Crippen LogP contribution in [0.3, 0.4) is 0 Å². The van der Waals surface area contributed by atoms with Crippen molar-refractivity contribution in [2.75, 3.05) is 24.6 Å². The van der Waals surface area contributed by atoms with Gasteiger partial charge in [0.1, 0.15) is 5.84 Å². The van der Waals surface area contributed by atoms with E-state index in [1.54, 1.807) is 0 Å². The van der Waals surface area contributed by atoms with Crippen LogP contribution in [0.1, 0.15) is 40.0 Å². The Morgan fingerprint density at radius 1 is 1.45 bits per heavy atom. The van der Waals surface area contributed by atoms with E-state index in [2.05, 4.69) is 10.1 Å². The Morgan fingerprint density at radius 2 is 2.10 bits per heavy atom. The lowest BCUT2D eigenvalue weighted by molar-refractivity contribution is 0.219. The predicted molar refractivity (Wildman–Crippen MR) is 80.7 cm³/mol. The van der Waals surface area contributed by atoms with Crippen LogP contribution in [-0.4, -0.2) is 55.0 Å². The Hall–Kier alpha value is -0.820. The molecule has 0 radical (unpaired) electrons. The van der Waals surface area contributed by atoms with E-state index in [9.17, 15) is 8.42 Å². The van der Waals surface area contributed by atoms with Gasteiger partial charge in [-0.05, 0) is 26.3 Å². The Balaban J connectivity index is 2.32. The first-order chi connectivity index (χ1) is 9.18. The van der Waals surface area contributed by atoms with Crippen molar-refractivity contribution in [3.8, 4) is 0 Å². The molecule has 6 nitrogen and oxygen atoms in total. The molecule has 0 aromatic heterocycles. The highest BCUT2D eigenvalue weighted by Crippen LogP contribution is 2.23.